The number of nitrogens with zero attached hydrogens (tertiary/aromatic N) is 1. The summed E-state index contributed by atoms with van der Waals surface area (Å²) in [6.45, 7) is 0.387. The molecule has 2 N–H and O–H groups in total. The highest BCUT2D eigenvalue weighted by Crippen LogP contribution is 2.07. The second-order valence-electron chi connectivity index (χ2n) is 4.24. The SMILES string of the molecule is Nc1ccc(CC(=O)OCCc2ccncc2)cc1. The Morgan fingerprint density at radius 1 is 1.05 bits per heavy atom. The fourth-order valence-corrected chi connectivity index (χ4v) is 1.69. The molecule has 0 fully saturated rings. The maximum Gasteiger partial charge on any atom is 0.310 e. The third-order valence-corrected chi connectivity index (χ3v) is 2.73. The molecule has 0 saturated carbocycles. The van der Waals surface area contributed by atoms with Gasteiger partial charge in [0.05, 0.1) is 13.0 Å². The number of nitrogen functional groups attached to an aromatic ring is 1. The average molecular weight is 256 g/mol. The number of nitrogens with two attached hydrogens (primary N) is 1. The van der Waals surface area contributed by atoms with Gasteiger partial charge in [-0.1, -0.05) is 12.1 Å². The molecular weight excluding hydrogens is 240 g/mol. The number of esters is 1. The molecule has 0 aliphatic heterocycles. The summed E-state index contributed by atoms with van der Waals surface area (Å²) < 4.78 is 5.19. The maximum atomic E-state index is 11.6. The van der Waals surface area contributed by atoms with E-state index in [-0.39, 0.29) is 12.4 Å². The number of carbonyl (C=O) groups excluding carboxylic acids is 1. The zero-order valence-corrected chi connectivity index (χ0v) is 10.6. The van der Waals surface area contributed by atoms with Crippen LogP contribution in [-0.2, 0) is 22.4 Å². The van der Waals surface area contributed by atoms with Gasteiger partial charge in [0.2, 0.25) is 0 Å². The minimum Gasteiger partial charge on any atom is -0.465 e. The summed E-state index contributed by atoms with van der Waals surface area (Å²) in [6.07, 6.45) is 4.43. The molecule has 1 aromatic carbocycles. The lowest BCUT2D eigenvalue weighted by Gasteiger charge is -2.05. The highest BCUT2D eigenvalue weighted by atomic mass is 16.5. The van der Waals surface area contributed by atoms with Gasteiger partial charge in [0.1, 0.15) is 0 Å². The van der Waals surface area contributed by atoms with Crippen molar-refractivity contribution in [3.8, 4) is 0 Å². The monoisotopic (exact) mass is 256 g/mol. The Morgan fingerprint density at radius 2 is 1.74 bits per heavy atom. The van der Waals surface area contributed by atoms with Gasteiger partial charge >= 0.3 is 5.97 Å². The minimum atomic E-state index is -0.223. The lowest BCUT2D eigenvalue weighted by Crippen LogP contribution is -2.10. The van der Waals surface area contributed by atoms with Crippen LogP contribution in [0.2, 0.25) is 0 Å². The number of hydrogen-bond acceptors (Lipinski definition) is 4. The molecule has 0 bridgehead atoms. The summed E-state index contributed by atoms with van der Waals surface area (Å²) in [5.41, 5.74) is 8.28. The summed E-state index contributed by atoms with van der Waals surface area (Å²) >= 11 is 0. The van der Waals surface area contributed by atoms with Crippen molar-refractivity contribution in [2.75, 3.05) is 12.3 Å². The molecule has 0 saturated heterocycles. The van der Waals surface area contributed by atoms with Gasteiger partial charge in [0.15, 0.2) is 0 Å². The van der Waals surface area contributed by atoms with Gasteiger partial charge in [0, 0.05) is 24.5 Å². The van der Waals surface area contributed by atoms with E-state index < -0.39 is 0 Å². The predicted molar refractivity (Wildman–Crippen MR) is 73.5 cm³/mol. The zero-order chi connectivity index (χ0) is 13.5. The van der Waals surface area contributed by atoms with E-state index in [0.717, 1.165) is 11.1 Å². The summed E-state index contributed by atoms with van der Waals surface area (Å²) in [7, 11) is 0. The van der Waals surface area contributed by atoms with Crippen molar-refractivity contribution in [2.24, 2.45) is 0 Å². The van der Waals surface area contributed by atoms with Crippen molar-refractivity contribution in [2.45, 2.75) is 12.8 Å². The Bertz CT molecular complexity index is 524. The van der Waals surface area contributed by atoms with Crippen LogP contribution >= 0.6 is 0 Å². The van der Waals surface area contributed by atoms with Gasteiger partial charge in [0.25, 0.3) is 0 Å². The minimum absolute atomic E-state index is 0.223. The number of rotatable bonds is 5. The molecule has 4 heteroatoms. The topological polar surface area (TPSA) is 65.2 Å². The standard InChI is InChI=1S/C15H16N2O2/c16-14-3-1-13(2-4-14)11-15(18)19-10-7-12-5-8-17-9-6-12/h1-6,8-9H,7,10-11,16H2. The summed E-state index contributed by atoms with van der Waals surface area (Å²) in [5.74, 6) is -0.223. The van der Waals surface area contributed by atoms with Crippen LogP contribution in [0.25, 0.3) is 0 Å². The predicted octanol–water partition coefficient (Wildman–Crippen LogP) is 1.99. The van der Waals surface area contributed by atoms with E-state index in [1.54, 1.807) is 24.5 Å². The molecule has 0 unspecified atom stereocenters. The maximum absolute atomic E-state index is 11.6. The molecule has 0 amide bonds. The molecule has 0 aliphatic carbocycles. The number of carbonyl (C=O) groups is 1. The molecule has 2 rings (SSSR count). The molecule has 1 aromatic heterocycles. The summed E-state index contributed by atoms with van der Waals surface area (Å²) in [5, 5.41) is 0. The van der Waals surface area contributed by atoms with Gasteiger partial charge in [-0.2, -0.15) is 0 Å². The number of anilines is 1. The van der Waals surface area contributed by atoms with Crippen LogP contribution < -0.4 is 5.73 Å². The fourth-order valence-electron chi connectivity index (χ4n) is 1.69. The van der Waals surface area contributed by atoms with Gasteiger partial charge in [-0.25, -0.2) is 0 Å². The Morgan fingerprint density at radius 3 is 2.42 bits per heavy atom. The third-order valence-electron chi connectivity index (χ3n) is 2.73. The van der Waals surface area contributed by atoms with E-state index in [9.17, 15) is 4.79 Å². The number of aromatic nitrogens is 1. The van der Waals surface area contributed by atoms with E-state index in [1.165, 1.54) is 0 Å². The first-order valence-corrected chi connectivity index (χ1v) is 6.13. The van der Waals surface area contributed by atoms with Crippen LogP contribution in [0.3, 0.4) is 0 Å². The number of pyridine rings is 1. The molecule has 0 spiro atoms. The van der Waals surface area contributed by atoms with Crippen molar-refractivity contribution in [3.05, 3.63) is 59.9 Å². The molecule has 0 atom stereocenters. The lowest BCUT2D eigenvalue weighted by atomic mass is 10.1. The van der Waals surface area contributed by atoms with Gasteiger partial charge in [-0.05, 0) is 35.4 Å². The molecule has 19 heavy (non-hydrogen) atoms. The van der Waals surface area contributed by atoms with E-state index >= 15 is 0 Å². The highest BCUT2D eigenvalue weighted by molar-refractivity contribution is 5.72. The van der Waals surface area contributed by atoms with Crippen LogP contribution in [0.5, 0.6) is 0 Å². The third kappa shape index (κ3) is 4.43. The van der Waals surface area contributed by atoms with Crippen LogP contribution in [0.1, 0.15) is 11.1 Å². The van der Waals surface area contributed by atoms with Crippen molar-refractivity contribution >= 4 is 11.7 Å². The van der Waals surface area contributed by atoms with Gasteiger partial charge in [-0.15, -0.1) is 0 Å². The van der Waals surface area contributed by atoms with Crippen LogP contribution in [0.4, 0.5) is 5.69 Å². The van der Waals surface area contributed by atoms with E-state index in [4.69, 9.17) is 10.5 Å². The molecule has 2 aromatic rings. The smallest absolute Gasteiger partial charge is 0.310 e. The van der Waals surface area contributed by atoms with E-state index in [1.807, 2.05) is 24.3 Å². The molecule has 0 radical (unpaired) electrons. The number of benzene rings is 1. The summed E-state index contributed by atoms with van der Waals surface area (Å²) in [6, 6.07) is 11.0. The first-order chi connectivity index (χ1) is 9.24. The Labute approximate surface area is 112 Å². The first-order valence-electron chi connectivity index (χ1n) is 6.13. The van der Waals surface area contributed by atoms with E-state index in [0.29, 0.717) is 18.7 Å². The zero-order valence-electron chi connectivity index (χ0n) is 10.6. The number of ether oxygens (including phenoxy) is 1. The van der Waals surface area contributed by atoms with Gasteiger partial charge in [-0.3, -0.25) is 9.78 Å². The van der Waals surface area contributed by atoms with Crippen molar-refractivity contribution < 1.29 is 9.53 Å². The second-order valence-corrected chi connectivity index (χ2v) is 4.24. The summed E-state index contributed by atoms with van der Waals surface area (Å²) in [4.78, 5) is 15.6. The average Bonchev–Trinajstić information content (AvgIpc) is 2.43. The largest absolute Gasteiger partial charge is 0.465 e. The van der Waals surface area contributed by atoms with Crippen molar-refractivity contribution in [1.29, 1.82) is 0 Å². The molecular formula is C15H16N2O2. The molecule has 1 heterocycles. The quantitative estimate of drug-likeness (QED) is 0.656. The number of hydrogen-bond donors (Lipinski definition) is 1. The first kappa shape index (κ1) is 13.1. The molecule has 4 nitrogen and oxygen atoms in total. The van der Waals surface area contributed by atoms with Crippen LogP contribution in [0, 0.1) is 0 Å². The van der Waals surface area contributed by atoms with Crippen molar-refractivity contribution in [3.63, 3.8) is 0 Å². The normalized spacial score (nSPS) is 10.1. The van der Waals surface area contributed by atoms with Crippen LogP contribution in [0.15, 0.2) is 48.8 Å². The molecule has 0 aliphatic rings. The van der Waals surface area contributed by atoms with Gasteiger partial charge < -0.3 is 10.5 Å². The fraction of sp³-hybridized carbons (Fsp3) is 0.200. The lowest BCUT2D eigenvalue weighted by molar-refractivity contribution is -0.142. The second kappa shape index (κ2) is 6.54. The Balaban J connectivity index is 1.74. The van der Waals surface area contributed by atoms with Crippen molar-refractivity contribution in [1.82, 2.24) is 4.98 Å². The Kier molecular flexibility index (Phi) is 4.50. The Hall–Kier alpha value is -2.36. The molecule has 98 valence electrons. The van der Waals surface area contributed by atoms with Crippen LogP contribution in [-0.4, -0.2) is 17.6 Å². The van der Waals surface area contributed by atoms with E-state index in [2.05, 4.69) is 4.98 Å². The highest BCUT2D eigenvalue weighted by Gasteiger charge is 2.04.